The number of ether oxygens (including phenoxy) is 1. The Hall–Kier alpha value is -0.550. The summed E-state index contributed by atoms with van der Waals surface area (Å²) in [5.74, 6) is 0.885. The minimum atomic E-state index is -0.363. The number of nitrogens with one attached hydrogen (secondary N) is 1. The van der Waals surface area contributed by atoms with Crippen LogP contribution in [-0.4, -0.2) is 42.0 Å². The van der Waals surface area contributed by atoms with Gasteiger partial charge in [0.1, 0.15) is 0 Å². The molecule has 2 N–H and O–H groups in total. The number of aliphatic hydroxyl groups excluding tert-OH is 1. The lowest BCUT2D eigenvalue weighted by Gasteiger charge is -2.37. The quantitative estimate of drug-likeness (QED) is 0.813. The lowest BCUT2D eigenvalue weighted by Crippen LogP contribution is -2.51. The molecule has 4 heteroatoms. The highest BCUT2D eigenvalue weighted by Gasteiger charge is 2.33. The van der Waals surface area contributed by atoms with Crippen LogP contribution in [0.2, 0.25) is 0 Å². The van der Waals surface area contributed by atoms with Gasteiger partial charge in [0, 0.05) is 30.3 Å². The van der Waals surface area contributed by atoms with Crippen LogP contribution >= 0.6 is 11.8 Å². The monoisotopic (exact) mass is 309 g/mol. The lowest BCUT2D eigenvalue weighted by molar-refractivity contribution is 0.0997. The Bertz CT molecular complexity index is 407. The molecule has 1 heterocycles. The van der Waals surface area contributed by atoms with E-state index in [0.29, 0.717) is 11.3 Å². The highest BCUT2D eigenvalue weighted by atomic mass is 32.2. The summed E-state index contributed by atoms with van der Waals surface area (Å²) in [6, 6.07) is 10.6. The molecule has 1 atom stereocenters. The van der Waals surface area contributed by atoms with Crippen molar-refractivity contribution in [3.05, 3.63) is 35.9 Å². The highest BCUT2D eigenvalue weighted by molar-refractivity contribution is 7.99. The molecule has 1 aliphatic rings. The molecule has 3 nitrogen and oxygen atoms in total. The maximum atomic E-state index is 10.1. The first kappa shape index (κ1) is 16.8. The van der Waals surface area contributed by atoms with Crippen LogP contribution in [0.4, 0.5) is 0 Å². The van der Waals surface area contributed by atoms with Crippen LogP contribution in [0.3, 0.4) is 0 Å². The molecule has 1 saturated heterocycles. The van der Waals surface area contributed by atoms with Gasteiger partial charge in [0.05, 0.1) is 12.1 Å². The number of hydrogen-bond acceptors (Lipinski definition) is 4. The molecule has 1 fully saturated rings. The largest absolute Gasteiger partial charge is 0.394 e. The smallest absolute Gasteiger partial charge is 0.0762 e. The molecular formula is C17H27NO2S. The predicted octanol–water partition coefficient (Wildman–Crippen LogP) is 2.78. The van der Waals surface area contributed by atoms with E-state index in [2.05, 4.69) is 31.3 Å². The molecule has 1 unspecified atom stereocenters. The van der Waals surface area contributed by atoms with Crippen LogP contribution in [0.1, 0.15) is 32.3 Å². The summed E-state index contributed by atoms with van der Waals surface area (Å²) in [7, 11) is 0. The zero-order valence-electron chi connectivity index (χ0n) is 13.0. The van der Waals surface area contributed by atoms with Crippen LogP contribution in [0.15, 0.2) is 30.3 Å². The SMILES string of the molecule is CC(C)NC(CO)(CSC1CCOCC1)c1ccccc1. The van der Waals surface area contributed by atoms with Crippen LogP contribution in [0.5, 0.6) is 0 Å². The first-order chi connectivity index (χ1) is 10.2. The van der Waals surface area contributed by atoms with Gasteiger partial charge in [0.25, 0.3) is 0 Å². The van der Waals surface area contributed by atoms with Gasteiger partial charge in [0.15, 0.2) is 0 Å². The Balaban J connectivity index is 2.10. The Kier molecular flexibility index (Phi) is 6.55. The van der Waals surface area contributed by atoms with E-state index in [9.17, 15) is 5.11 Å². The molecule has 0 amide bonds. The van der Waals surface area contributed by atoms with Crippen LogP contribution in [0.25, 0.3) is 0 Å². The summed E-state index contributed by atoms with van der Waals surface area (Å²) < 4.78 is 5.43. The van der Waals surface area contributed by atoms with Gasteiger partial charge in [-0.2, -0.15) is 11.8 Å². The maximum Gasteiger partial charge on any atom is 0.0762 e. The third-order valence-corrected chi connectivity index (χ3v) is 5.50. The van der Waals surface area contributed by atoms with Gasteiger partial charge in [-0.15, -0.1) is 0 Å². The molecule has 1 aromatic carbocycles. The molecule has 118 valence electrons. The average Bonchev–Trinajstić information content (AvgIpc) is 2.53. The minimum absolute atomic E-state index is 0.116. The fourth-order valence-electron chi connectivity index (χ4n) is 2.80. The van der Waals surface area contributed by atoms with Gasteiger partial charge >= 0.3 is 0 Å². The molecule has 0 spiro atoms. The van der Waals surface area contributed by atoms with E-state index in [1.807, 2.05) is 30.0 Å². The lowest BCUT2D eigenvalue weighted by atomic mass is 9.92. The van der Waals surface area contributed by atoms with Crippen molar-refractivity contribution in [3.8, 4) is 0 Å². The van der Waals surface area contributed by atoms with Gasteiger partial charge in [0.2, 0.25) is 0 Å². The minimum Gasteiger partial charge on any atom is -0.394 e. The number of hydrogen-bond donors (Lipinski definition) is 2. The predicted molar refractivity (Wildman–Crippen MR) is 89.8 cm³/mol. The Morgan fingerprint density at radius 2 is 1.95 bits per heavy atom. The molecule has 0 saturated carbocycles. The summed E-state index contributed by atoms with van der Waals surface area (Å²) in [4.78, 5) is 0. The van der Waals surface area contributed by atoms with E-state index in [4.69, 9.17) is 4.74 Å². The van der Waals surface area contributed by atoms with Crippen molar-refractivity contribution >= 4 is 11.8 Å². The standard InChI is InChI=1S/C17H27NO2S/c1-14(2)18-17(12-19,15-6-4-3-5-7-15)13-21-16-8-10-20-11-9-16/h3-7,14,16,18-19H,8-13H2,1-2H3. The van der Waals surface area contributed by atoms with Crippen LogP contribution in [0, 0.1) is 0 Å². The zero-order valence-corrected chi connectivity index (χ0v) is 13.9. The molecule has 0 radical (unpaired) electrons. The van der Waals surface area contributed by atoms with E-state index in [-0.39, 0.29) is 12.1 Å². The van der Waals surface area contributed by atoms with E-state index < -0.39 is 0 Å². The van der Waals surface area contributed by atoms with Gasteiger partial charge < -0.3 is 15.2 Å². The Morgan fingerprint density at radius 1 is 1.29 bits per heavy atom. The molecule has 1 aliphatic heterocycles. The fourth-order valence-corrected chi connectivity index (χ4v) is 4.19. The zero-order chi connectivity index (χ0) is 15.1. The molecule has 21 heavy (non-hydrogen) atoms. The topological polar surface area (TPSA) is 41.5 Å². The average molecular weight is 309 g/mol. The second-order valence-corrected chi connectivity index (χ2v) is 7.32. The van der Waals surface area contributed by atoms with Crippen molar-refractivity contribution in [2.45, 2.75) is 43.5 Å². The Morgan fingerprint density at radius 3 is 2.52 bits per heavy atom. The molecule has 0 aliphatic carbocycles. The van der Waals surface area contributed by atoms with E-state index in [1.165, 1.54) is 5.56 Å². The molecule has 1 aromatic rings. The third-order valence-electron chi connectivity index (χ3n) is 3.90. The van der Waals surface area contributed by atoms with E-state index in [1.54, 1.807) is 0 Å². The van der Waals surface area contributed by atoms with Crippen molar-refractivity contribution in [3.63, 3.8) is 0 Å². The molecule has 0 bridgehead atoms. The van der Waals surface area contributed by atoms with Crippen molar-refractivity contribution in [2.24, 2.45) is 0 Å². The van der Waals surface area contributed by atoms with Crippen molar-refractivity contribution in [1.82, 2.24) is 5.32 Å². The second kappa shape index (κ2) is 8.18. The van der Waals surface area contributed by atoms with Gasteiger partial charge in [-0.05, 0) is 32.3 Å². The summed E-state index contributed by atoms with van der Waals surface area (Å²) in [5.41, 5.74) is 0.805. The summed E-state index contributed by atoms with van der Waals surface area (Å²) in [5, 5.41) is 14.3. The van der Waals surface area contributed by atoms with Gasteiger partial charge in [-0.3, -0.25) is 0 Å². The van der Waals surface area contributed by atoms with Crippen LogP contribution < -0.4 is 5.32 Å². The van der Waals surface area contributed by atoms with E-state index >= 15 is 0 Å². The second-order valence-electron chi connectivity index (χ2n) is 6.03. The molecular weight excluding hydrogens is 282 g/mol. The number of rotatable bonds is 7. The van der Waals surface area contributed by atoms with Gasteiger partial charge in [-0.1, -0.05) is 30.3 Å². The highest BCUT2D eigenvalue weighted by Crippen LogP contribution is 2.31. The fraction of sp³-hybridized carbons (Fsp3) is 0.647. The van der Waals surface area contributed by atoms with Crippen molar-refractivity contribution in [1.29, 1.82) is 0 Å². The van der Waals surface area contributed by atoms with Crippen molar-refractivity contribution < 1.29 is 9.84 Å². The number of benzene rings is 1. The van der Waals surface area contributed by atoms with Crippen molar-refractivity contribution in [2.75, 3.05) is 25.6 Å². The van der Waals surface area contributed by atoms with Gasteiger partial charge in [-0.25, -0.2) is 0 Å². The van der Waals surface area contributed by atoms with Crippen LogP contribution in [-0.2, 0) is 10.3 Å². The normalized spacial score (nSPS) is 19.6. The summed E-state index contributed by atoms with van der Waals surface area (Å²) in [6.45, 7) is 6.11. The number of aliphatic hydroxyl groups is 1. The van der Waals surface area contributed by atoms with E-state index in [0.717, 1.165) is 31.8 Å². The first-order valence-electron chi connectivity index (χ1n) is 7.80. The summed E-state index contributed by atoms with van der Waals surface area (Å²) in [6.07, 6.45) is 2.23. The first-order valence-corrected chi connectivity index (χ1v) is 8.84. The molecule has 0 aromatic heterocycles. The third kappa shape index (κ3) is 4.71. The Labute approximate surface area is 132 Å². The molecule has 2 rings (SSSR count). The number of thioether (sulfide) groups is 1. The summed E-state index contributed by atoms with van der Waals surface area (Å²) >= 11 is 1.96. The maximum absolute atomic E-state index is 10.1.